The van der Waals surface area contributed by atoms with Crippen LogP contribution in [0.25, 0.3) is 11.1 Å². The van der Waals surface area contributed by atoms with Crippen molar-refractivity contribution in [1.82, 2.24) is 0 Å². The van der Waals surface area contributed by atoms with E-state index in [-0.39, 0.29) is 5.82 Å². The van der Waals surface area contributed by atoms with Crippen molar-refractivity contribution in [3.63, 3.8) is 0 Å². The standard InChI is InChI=1S/C21H19BrFNOS/c1-25-19-11-8-16(12-14-6-9-18(10-7-14)24-26-2)21(23)20(19)15-4-3-5-17(22)13-15/h3-11,13,24H,12H2,1-2H3. The zero-order chi connectivity index (χ0) is 18.5. The SMILES string of the molecule is COc1ccc(Cc2ccc(NSC)cc2)c(F)c1-c1cccc(Br)c1. The van der Waals surface area contributed by atoms with Gasteiger partial charge in [0.1, 0.15) is 11.6 Å². The van der Waals surface area contributed by atoms with Gasteiger partial charge >= 0.3 is 0 Å². The van der Waals surface area contributed by atoms with Gasteiger partial charge < -0.3 is 9.46 Å². The average Bonchev–Trinajstić information content (AvgIpc) is 2.65. The molecule has 3 aromatic rings. The maximum atomic E-state index is 15.3. The van der Waals surface area contributed by atoms with Crippen LogP contribution in [-0.4, -0.2) is 13.4 Å². The van der Waals surface area contributed by atoms with Gasteiger partial charge in [-0.15, -0.1) is 0 Å². The first kappa shape index (κ1) is 18.8. The van der Waals surface area contributed by atoms with Gasteiger partial charge in [0.2, 0.25) is 0 Å². The second-order valence-electron chi connectivity index (χ2n) is 5.81. The molecule has 0 saturated heterocycles. The number of rotatable bonds is 6. The van der Waals surface area contributed by atoms with Crippen LogP contribution >= 0.6 is 27.9 Å². The molecule has 0 aliphatic carbocycles. The molecule has 0 atom stereocenters. The average molecular weight is 432 g/mol. The molecule has 0 aromatic heterocycles. The molecule has 0 spiro atoms. The molecule has 0 amide bonds. The Morgan fingerprint density at radius 1 is 1.08 bits per heavy atom. The number of hydrogen-bond acceptors (Lipinski definition) is 3. The Bertz CT molecular complexity index is 899. The Hall–Kier alpha value is -1.98. The molecule has 0 heterocycles. The summed E-state index contributed by atoms with van der Waals surface area (Å²) in [6, 6.07) is 19.3. The Balaban J connectivity index is 1.97. The zero-order valence-corrected chi connectivity index (χ0v) is 17.0. The van der Waals surface area contributed by atoms with Crippen molar-refractivity contribution in [2.45, 2.75) is 6.42 Å². The number of ether oxygens (including phenoxy) is 1. The van der Waals surface area contributed by atoms with Crippen molar-refractivity contribution >= 4 is 33.6 Å². The molecule has 0 radical (unpaired) electrons. The second-order valence-corrected chi connectivity index (χ2v) is 7.33. The summed E-state index contributed by atoms with van der Waals surface area (Å²) < 4.78 is 24.8. The van der Waals surface area contributed by atoms with Crippen molar-refractivity contribution in [3.8, 4) is 16.9 Å². The molecular weight excluding hydrogens is 413 g/mol. The van der Waals surface area contributed by atoms with Gasteiger partial charge in [0.25, 0.3) is 0 Å². The van der Waals surface area contributed by atoms with Crippen LogP contribution in [0.5, 0.6) is 5.75 Å². The van der Waals surface area contributed by atoms with E-state index in [0.717, 1.165) is 21.3 Å². The van der Waals surface area contributed by atoms with Gasteiger partial charge in [-0.25, -0.2) is 4.39 Å². The summed E-state index contributed by atoms with van der Waals surface area (Å²) in [5, 5.41) is 0. The van der Waals surface area contributed by atoms with Crippen molar-refractivity contribution in [1.29, 1.82) is 0 Å². The van der Waals surface area contributed by atoms with Crippen molar-refractivity contribution in [2.75, 3.05) is 18.1 Å². The molecule has 0 bridgehead atoms. The molecule has 134 valence electrons. The molecule has 0 saturated carbocycles. The monoisotopic (exact) mass is 431 g/mol. The Morgan fingerprint density at radius 2 is 1.85 bits per heavy atom. The van der Waals surface area contributed by atoms with E-state index < -0.39 is 0 Å². The normalized spacial score (nSPS) is 10.6. The van der Waals surface area contributed by atoms with Gasteiger partial charge in [0.15, 0.2) is 0 Å². The number of benzene rings is 3. The maximum absolute atomic E-state index is 15.3. The molecule has 0 fully saturated rings. The number of methoxy groups -OCH3 is 1. The molecule has 2 nitrogen and oxygen atoms in total. The lowest BCUT2D eigenvalue weighted by Crippen LogP contribution is -1.99. The number of anilines is 1. The topological polar surface area (TPSA) is 21.3 Å². The van der Waals surface area contributed by atoms with E-state index in [1.165, 1.54) is 0 Å². The van der Waals surface area contributed by atoms with Crippen LogP contribution in [-0.2, 0) is 6.42 Å². The number of nitrogens with one attached hydrogen (secondary N) is 1. The second kappa shape index (κ2) is 8.60. The molecule has 26 heavy (non-hydrogen) atoms. The van der Waals surface area contributed by atoms with Gasteiger partial charge in [0, 0.05) is 22.8 Å². The smallest absolute Gasteiger partial charge is 0.138 e. The quantitative estimate of drug-likeness (QED) is 0.447. The minimum absolute atomic E-state index is 0.242. The lowest BCUT2D eigenvalue weighted by molar-refractivity contribution is 0.413. The lowest BCUT2D eigenvalue weighted by atomic mass is 9.97. The highest BCUT2D eigenvalue weighted by molar-refractivity contribution is 9.10. The summed E-state index contributed by atoms with van der Waals surface area (Å²) in [6.07, 6.45) is 2.50. The largest absolute Gasteiger partial charge is 0.496 e. The van der Waals surface area contributed by atoms with Crippen LogP contribution in [0.4, 0.5) is 10.1 Å². The van der Waals surface area contributed by atoms with E-state index in [2.05, 4.69) is 20.7 Å². The third kappa shape index (κ3) is 4.22. The third-order valence-electron chi connectivity index (χ3n) is 4.09. The molecule has 0 aliphatic heterocycles. The predicted molar refractivity (Wildman–Crippen MR) is 112 cm³/mol. The Labute approximate surface area is 166 Å². The van der Waals surface area contributed by atoms with E-state index in [9.17, 15) is 0 Å². The van der Waals surface area contributed by atoms with E-state index in [1.807, 2.05) is 60.9 Å². The van der Waals surface area contributed by atoms with Gasteiger partial charge in [-0.2, -0.15) is 0 Å². The molecule has 1 N–H and O–H groups in total. The highest BCUT2D eigenvalue weighted by atomic mass is 79.9. The lowest BCUT2D eigenvalue weighted by Gasteiger charge is -2.14. The van der Waals surface area contributed by atoms with Crippen LogP contribution < -0.4 is 9.46 Å². The highest BCUT2D eigenvalue weighted by Gasteiger charge is 2.16. The summed E-state index contributed by atoms with van der Waals surface area (Å²) in [5.74, 6) is 0.289. The van der Waals surface area contributed by atoms with Crippen molar-refractivity contribution < 1.29 is 9.13 Å². The van der Waals surface area contributed by atoms with Gasteiger partial charge in [-0.3, -0.25) is 0 Å². The van der Waals surface area contributed by atoms with Crippen LogP contribution in [0.2, 0.25) is 0 Å². The van der Waals surface area contributed by atoms with E-state index in [0.29, 0.717) is 23.3 Å². The van der Waals surface area contributed by atoms with Gasteiger partial charge in [-0.1, -0.05) is 58.2 Å². The van der Waals surface area contributed by atoms with Gasteiger partial charge in [-0.05, 0) is 47.0 Å². The van der Waals surface area contributed by atoms with Crippen molar-refractivity contribution in [2.24, 2.45) is 0 Å². The summed E-state index contributed by atoms with van der Waals surface area (Å²) in [7, 11) is 1.56. The first-order valence-electron chi connectivity index (χ1n) is 8.11. The fourth-order valence-corrected chi connectivity index (χ4v) is 3.62. The maximum Gasteiger partial charge on any atom is 0.138 e. The number of hydrogen-bond donors (Lipinski definition) is 1. The summed E-state index contributed by atoms with van der Waals surface area (Å²) in [4.78, 5) is 0. The number of halogens is 2. The molecule has 0 aliphatic rings. The van der Waals surface area contributed by atoms with Crippen LogP contribution in [0.1, 0.15) is 11.1 Å². The summed E-state index contributed by atoms with van der Waals surface area (Å²) in [5.41, 5.74) is 4.01. The fourth-order valence-electron chi connectivity index (χ4n) is 2.85. The minimum Gasteiger partial charge on any atom is -0.496 e. The van der Waals surface area contributed by atoms with Crippen molar-refractivity contribution in [3.05, 3.63) is 82.1 Å². The highest BCUT2D eigenvalue weighted by Crippen LogP contribution is 2.36. The summed E-state index contributed by atoms with van der Waals surface area (Å²) in [6.45, 7) is 0. The predicted octanol–water partition coefficient (Wildman–Crippen LogP) is 6.54. The first-order valence-corrected chi connectivity index (χ1v) is 10.1. The fraction of sp³-hybridized carbons (Fsp3) is 0.143. The Kier molecular flexibility index (Phi) is 6.22. The third-order valence-corrected chi connectivity index (χ3v) is 5.02. The van der Waals surface area contributed by atoms with Crippen LogP contribution in [0.3, 0.4) is 0 Å². The molecule has 3 aromatic carbocycles. The van der Waals surface area contributed by atoms with Gasteiger partial charge in [0.05, 0.1) is 12.7 Å². The minimum atomic E-state index is -0.242. The van der Waals surface area contributed by atoms with E-state index >= 15 is 4.39 Å². The van der Waals surface area contributed by atoms with Crippen LogP contribution in [0.15, 0.2) is 65.1 Å². The molecule has 0 unspecified atom stereocenters. The first-order chi connectivity index (χ1) is 12.6. The molecule has 5 heteroatoms. The molecular formula is C21H19BrFNOS. The van der Waals surface area contributed by atoms with Crippen LogP contribution in [0, 0.1) is 5.82 Å². The van der Waals surface area contributed by atoms with E-state index in [1.54, 1.807) is 25.1 Å². The zero-order valence-electron chi connectivity index (χ0n) is 14.6. The van der Waals surface area contributed by atoms with E-state index in [4.69, 9.17) is 4.74 Å². The molecule has 3 rings (SSSR count). The summed E-state index contributed by atoms with van der Waals surface area (Å²) >= 11 is 5.00. The Morgan fingerprint density at radius 3 is 2.50 bits per heavy atom.